The number of amides is 4. The van der Waals surface area contributed by atoms with Crippen molar-refractivity contribution in [3.63, 3.8) is 0 Å². The van der Waals surface area contributed by atoms with Gasteiger partial charge >= 0.3 is 6.03 Å². The van der Waals surface area contributed by atoms with Crippen molar-refractivity contribution in [1.29, 1.82) is 0 Å². The first-order valence-corrected chi connectivity index (χ1v) is 10.7. The van der Waals surface area contributed by atoms with Gasteiger partial charge in [0.2, 0.25) is 11.8 Å². The molecule has 0 aliphatic carbocycles. The molecule has 7 nitrogen and oxygen atoms in total. The number of carbonyl (C=O) groups is 3. The summed E-state index contributed by atoms with van der Waals surface area (Å²) < 4.78 is 0. The van der Waals surface area contributed by atoms with Crippen LogP contribution in [0.1, 0.15) is 11.1 Å². The van der Waals surface area contributed by atoms with Crippen LogP contribution in [0.2, 0.25) is 0 Å². The molecule has 0 bridgehead atoms. The number of piperazine rings is 1. The summed E-state index contributed by atoms with van der Waals surface area (Å²) in [7, 11) is 2.01. The van der Waals surface area contributed by atoms with Crippen molar-refractivity contribution in [1.82, 2.24) is 15.1 Å². The van der Waals surface area contributed by atoms with Gasteiger partial charge in [-0.15, -0.1) is 0 Å². The number of likely N-dealkylation sites (N-methyl/N-ethyl adjacent to an activating group) is 1. The van der Waals surface area contributed by atoms with Crippen molar-refractivity contribution in [3.05, 3.63) is 65.7 Å². The topological polar surface area (TPSA) is 73.0 Å². The molecule has 5 rings (SSSR count). The van der Waals surface area contributed by atoms with Crippen molar-refractivity contribution in [3.8, 4) is 0 Å². The van der Waals surface area contributed by atoms with Gasteiger partial charge in [0.25, 0.3) is 0 Å². The molecule has 2 saturated heterocycles. The minimum Gasteiger partial charge on any atom is -0.364 e. The van der Waals surface area contributed by atoms with Gasteiger partial charge in [0.1, 0.15) is 0 Å². The van der Waals surface area contributed by atoms with Gasteiger partial charge in [0.15, 0.2) is 5.41 Å². The van der Waals surface area contributed by atoms with Crippen LogP contribution in [-0.2, 0) is 22.4 Å². The molecule has 160 valence electrons. The molecular weight excluding hydrogens is 392 g/mol. The lowest BCUT2D eigenvalue weighted by Gasteiger charge is -2.55. The Bertz CT molecular complexity index is 1040. The van der Waals surface area contributed by atoms with Crippen LogP contribution in [-0.4, -0.2) is 66.9 Å². The van der Waals surface area contributed by atoms with Gasteiger partial charge in [-0.05, 0) is 37.1 Å². The first-order valence-electron chi connectivity index (χ1n) is 10.7. The number of fused-ring (bicyclic) bond motifs is 4. The maximum atomic E-state index is 13.9. The quantitative estimate of drug-likeness (QED) is 0.768. The maximum absolute atomic E-state index is 13.9. The van der Waals surface area contributed by atoms with Crippen LogP contribution in [0.25, 0.3) is 0 Å². The fourth-order valence-electron chi connectivity index (χ4n) is 5.23. The van der Waals surface area contributed by atoms with Crippen LogP contribution in [0.5, 0.6) is 0 Å². The summed E-state index contributed by atoms with van der Waals surface area (Å²) in [5.41, 5.74) is 1.79. The number of hydrogen-bond donors (Lipinski definition) is 1. The van der Waals surface area contributed by atoms with Gasteiger partial charge in [-0.2, -0.15) is 0 Å². The fraction of sp³-hybridized carbons (Fsp3) is 0.375. The smallest absolute Gasteiger partial charge is 0.330 e. The molecule has 0 radical (unpaired) electrons. The van der Waals surface area contributed by atoms with E-state index in [9.17, 15) is 14.4 Å². The van der Waals surface area contributed by atoms with Crippen LogP contribution in [0.4, 0.5) is 10.5 Å². The van der Waals surface area contributed by atoms with E-state index in [0.29, 0.717) is 19.4 Å². The molecule has 31 heavy (non-hydrogen) atoms. The normalized spacial score (nSPS) is 26.0. The van der Waals surface area contributed by atoms with E-state index in [2.05, 4.69) is 21.2 Å². The van der Waals surface area contributed by atoms with Crippen molar-refractivity contribution >= 4 is 23.5 Å². The second kappa shape index (κ2) is 7.50. The molecule has 2 aromatic rings. The second-order valence-corrected chi connectivity index (χ2v) is 8.70. The Balaban J connectivity index is 1.53. The Morgan fingerprint density at radius 3 is 2.55 bits per heavy atom. The fourth-order valence-corrected chi connectivity index (χ4v) is 5.23. The lowest BCUT2D eigenvalue weighted by Crippen LogP contribution is -2.75. The SMILES string of the molecule is CN1CCN2c3ccccc3C[C@@]3(C(=O)NC(=O)N(CCc4ccccc4)C3=O)[C@H]2C1. The Kier molecular flexibility index (Phi) is 4.78. The van der Waals surface area contributed by atoms with Gasteiger partial charge in [-0.3, -0.25) is 19.8 Å². The molecule has 2 fully saturated rings. The van der Waals surface area contributed by atoms with Gasteiger partial charge in [-0.25, -0.2) is 4.79 Å². The number of benzene rings is 2. The van der Waals surface area contributed by atoms with Crippen LogP contribution >= 0.6 is 0 Å². The minimum atomic E-state index is -1.31. The zero-order valence-electron chi connectivity index (χ0n) is 17.6. The van der Waals surface area contributed by atoms with Crippen molar-refractivity contribution in [2.24, 2.45) is 5.41 Å². The third-order valence-electron chi connectivity index (χ3n) is 6.89. The van der Waals surface area contributed by atoms with Gasteiger partial charge in [0.05, 0.1) is 6.04 Å². The largest absolute Gasteiger partial charge is 0.364 e. The highest BCUT2D eigenvalue weighted by molar-refractivity contribution is 6.20. The Morgan fingerprint density at radius 1 is 1.00 bits per heavy atom. The molecular formula is C24H26N4O3. The summed E-state index contributed by atoms with van der Waals surface area (Å²) in [4.78, 5) is 45.6. The summed E-state index contributed by atoms with van der Waals surface area (Å²) in [5.74, 6) is -0.852. The molecule has 4 amide bonds. The van der Waals surface area contributed by atoms with E-state index in [1.807, 2.05) is 55.6 Å². The number of carbonyl (C=O) groups excluding carboxylic acids is 3. The Morgan fingerprint density at radius 2 is 1.74 bits per heavy atom. The molecule has 2 aromatic carbocycles. The number of anilines is 1. The average molecular weight is 418 g/mol. The number of hydrogen-bond acceptors (Lipinski definition) is 5. The number of nitrogens with one attached hydrogen (secondary N) is 1. The Hall–Kier alpha value is -3.19. The molecule has 0 aromatic heterocycles. The van der Waals surface area contributed by atoms with Gasteiger partial charge in [0, 0.05) is 31.9 Å². The van der Waals surface area contributed by atoms with E-state index in [1.165, 1.54) is 4.90 Å². The number of nitrogens with zero attached hydrogens (tertiary/aromatic N) is 3. The third kappa shape index (κ3) is 3.11. The molecule has 1 N–H and O–H groups in total. The summed E-state index contributed by atoms with van der Waals surface area (Å²) in [6.07, 6.45) is 0.854. The van der Waals surface area contributed by atoms with Crippen LogP contribution in [0.3, 0.4) is 0 Å². The highest BCUT2D eigenvalue weighted by Gasteiger charge is 2.62. The van der Waals surface area contributed by atoms with Crippen molar-refractivity contribution in [2.45, 2.75) is 18.9 Å². The zero-order valence-corrected chi connectivity index (χ0v) is 17.6. The number of urea groups is 1. The van der Waals surface area contributed by atoms with E-state index in [0.717, 1.165) is 29.9 Å². The van der Waals surface area contributed by atoms with Gasteiger partial charge in [-0.1, -0.05) is 48.5 Å². The van der Waals surface area contributed by atoms with Gasteiger partial charge < -0.3 is 9.80 Å². The first-order chi connectivity index (χ1) is 15.0. The van der Waals surface area contributed by atoms with E-state index in [4.69, 9.17) is 0 Å². The van der Waals surface area contributed by atoms with E-state index in [1.54, 1.807) is 0 Å². The van der Waals surface area contributed by atoms with E-state index >= 15 is 0 Å². The minimum absolute atomic E-state index is 0.244. The summed E-state index contributed by atoms with van der Waals surface area (Å²) in [6.45, 7) is 2.42. The molecule has 1 spiro atoms. The molecule has 7 heteroatoms. The molecule has 0 unspecified atom stereocenters. The molecule has 3 aliphatic rings. The molecule has 3 heterocycles. The van der Waals surface area contributed by atoms with Crippen molar-refractivity contribution in [2.75, 3.05) is 38.1 Å². The Labute approximate surface area is 181 Å². The third-order valence-corrected chi connectivity index (χ3v) is 6.89. The predicted molar refractivity (Wildman–Crippen MR) is 117 cm³/mol. The average Bonchev–Trinajstić information content (AvgIpc) is 2.78. The highest BCUT2D eigenvalue weighted by Crippen LogP contribution is 2.45. The van der Waals surface area contributed by atoms with Crippen LogP contribution < -0.4 is 10.2 Å². The summed E-state index contributed by atoms with van der Waals surface area (Å²) in [6, 6.07) is 16.8. The number of barbiturate groups is 1. The van der Waals surface area contributed by atoms with Crippen LogP contribution in [0, 0.1) is 5.41 Å². The standard InChI is InChI=1S/C24H26N4O3/c1-26-13-14-27-19-10-6-5-9-18(19)15-24(20(27)16-26)21(29)25-23(31)28(22(24)30)12-11-17-7-3-2-4-8-17/h2-10,20H,11-16H2,1H3,(H,25,29,31)/t20-,24+/m1/s1. The van der Waals surface area contributed by atoms with Crippen LogP contribution in [0.15, 0.2) is 54.6 Å². The molecule has 0 saturated carbocycles. The number of para-hydroxylation sites is 1. The molecule has 3 aliphatic heterocycles. The first kappa shape index (κ1) is 19.8. The lowest BCUT2D eigenvalue weighted by molar-refractivity contribution is -0.154. The lowest BCUT2D eigenvalue weighted by atomic mass is 9.67. The number of rotatable bonds is 3. The zero-order chi connectivity index (χ0) is 21.6. The molecule has 2 atom stereocenters. The second-order valence-electron chi connectivity index (χ2n) is 8.70. The highest BCUT2D eigenvalue weighted by atomic mass is 16.2. The maximum Gasteiger partial charge on any atom is 0.330 e. The van der Waals surface area contributed by atoms with E-state index in [-0.39, 0.29) is 18.5 Å². The monoisotopic (exact) mass is 418 g/mol. The number of imide groups is 2. The van der Waals surface area contributed by atoms with E-state index < -0.39 is 17.4 Å². The predicted octanol–water partition coefficient (Wildman–Crippen LogP) is 1.67. The van der Waals surface area contributed by atoms with Crippen molar-refractivity contribution < 1.29 is 14.4 Å². The summed E-state index contributed by atoms with van der Waals surface area (Å²) in [5, 5.41) is 2.52. The summed E-state index contributed by atoms with van der Waals surface area (Å²) >= 11 is 0.